The van der Waals surface area contributed by atoms with Crippen LogP contribution < -0.4 is 5.32 Å². The zero-order chi connectivity index (χ0) is 10.9. The summed E-state index contributed by atoms with van der Waals surface area (Å²) in [4.78, 5) is 2.72. The molecule has 0 aromatic heterocycles. The van der Waals surface area contributed by atoms with E-state index >= 15 is 0 Å². The average Bonchev–Trinajstić information content (AvgIpc) is 2.85. The zero-order valence-electron chi connectivity index (χ0n) is 10.6. The van der Waals surface area contributed by atoms with Gasteiger partial charge in [0.15, 0.2) is 0 Å². The fourth-order valence-electron chi connectivity index (χ4n) is 2.87. The summed E-state index contributed by atoms with van der Waals surface area (Å²) in [6, 6.07) is 1.64. The fourth-order valence-corrected chi connectivity index (χ4v) is 2.87. The van der Waals surface area contributed by atoms with Crippen molar-refractivity contribution in [2.75, 3.05) is 19.6 Å². The molecule has 2 nitrogen and oxygen atoms in total. The van der Waals surface area contributed by atoms with E-state index in [1.807, 2.05) is 0 Å². The van der Waals surface area contributed by atoms with Crippen LogP contribution in [0.15, 0.2) is 0 Å². The Bertz CT molecular complexity index is 213. The summed E-state index contributed by atoms with van der Waals surface area (Å²) in [6.45, 7) is 10.9. The van der Waals surface area contributed by atoms with Crippen LogP contribution in [0.4, 0.5) is 0 Å². The normalized spacial score (nSPS) is 35.4. The Kier molecular flexibility index (Phi) is 3.36. The van der Waals surface area contributed by atoms with Gasteiger partial charge < -0.3 is 5.32 Å². The Hall–Kier alpha value is -0.0800. The van der Waals surface area contributed by atoms with Gasteiger partial charge in [-0.3, -0.25) is 4.90 Å². The van der Waals surface area contributed by atoms with Crippen molar-refractivity contribution in [2.24, 2.45) is 5.41 Å². The molecule has 1 saturated carbocycles. The summed E-state index contributed by atoms with van der Waals surface area (Å²) in [5.41, 5.74) is 0.604. The number of rotatable bonds is 4. The number of nitrogens with zero attached hydrogens (tertiary/aromatic N) is 1. The number of piperidine rings is 1. The zero-order valence-corrected chi connectivity index (χ0v) is 10.6. The van der Waals surface area contributed by atoms with Crippen molar-refractivity contribution >= 4 is 0 Å². The molecule has 88 valence electrons. The first-order valence-electron chi connectivity index (χ1n) is 6.61. The molecule has 0 amide bonds. The van der Waals surface area contributed by atoms with E-state index in [0.717, 1.165) is 12.1 Å². The Morgan fingerprint density at radius 3 is 2.73 bits per heavy atom. The van der Waals surface area contributed by atoms with Gasteiger partial charge in [0.05, 0.1) is 0 Å². The van der Waals surface area contributed by atoms with Crippen molar-refractivity contribution < 1.29 is 0 Å². The lowest BCUT2D eigenvalue weighted by Gasteiger charge is -2.34. The van der Waals surface area contributed by atoms with Gasteiger partial charge in [-0.1, -0.05) is 20.8 Å². The summed E-state index contributed by atoms with van der Waals surface area (Å²) in [6.07, 6.45) is 5.43. The van der Waals surface area contributed by atoms with E-state index in [4.69, 9.17) is 0 Å². The molecule has 0 aromatic rings. The molecular formula is C13H26N2. The first kappa shape index (κ1) is 11.4. The average molecular weight is 210 g/mol. The van der Waals surface area contributed by atoms with E-state index in [1.54, 1.807) is 0 Å². The summed E-state index contributed by atoms with van der Waals surface area (Å²) in [5.74, 6) is 0. The second kappa shape index (κ2) is 4.42. The largest absolute Gasteiger partial charge is 0.313 e. The molecule has 0 radical (unpaired) electrons. The van der Waals surface area contributed by atoms with Crippen LogP contribution in [0.5, 0.6) is 0 Å². The van der Waals surface area contributed by atoms with Gasteiger partial charge >= 0.3 is 0 Å². The third kappa shape index (κ3) is 2.73. The maximum Gasteiger partial charge on any atom is 0.0195 e. The highest BCUT2D eigenvalue weighted by atomic mass is 15.2. The molecule has 0 aromatic carbocycles. The standard InChI is InChI=1S/C13H26N2/c1-4-7-14-11-6-5-8-15(10-11)12-9-13(12,2)3/h11-12,14H,4-10H2,1-3H3. The van der Waals surface area contributed by atoms with Gasteiger partial charge in [0, 0.05) is 18.6 Å². The van der Waals surface area contributed by atoms with Crippen LogP contribution in [0.25, 0.3) is 0 Å². The van der Waals surface area contributed by atoms with E-state index in [1.165, 1.54) is 45.3 Å². The second-order valence-corrected chi connectivity index (χ2v) is 6.00. The number of likely N-dealkylation sites (tertiary alicyclic amines) is 1. The molecule has 2 atom stereocenters. The minimum absolute atomic E-state index is 0.604. The lowest BCUT2D eigenvalue weighted by Crippen LogP contribution is -2.47. The molecular weight excluding hydrogens is 184 g/mol. The van der Waals surface area contributed by atoms with Crippen LogP contribution in [0.1, 0.15) is 46.5 Å². The smallest absolute Gasteiger partial charge is 0.0195 e. The van der Waals surface area contributed by atoms with Crippen LogP contribution in [0, 0.1) is 5.41 Å². The van der Waals surface area contributed by atoms with Crippen molar-refractivity contribution in [3.05, 3.63) is 0 Å². The van der Waals surface area contributed by atoms with Gasteiger partial charge in [-0.05, 0) is 44.2 Å². The predicted octanol–water partition coefficient (Wildman–Crippen LogP) is 2.25. The highest BCUT2D eigenvalue weighted by Crippen LogP contribution is 2.49. The van der Waals surface area contributed by atoms with E-state index in [0.29, 0.717) is 5.41 Å². The van der Waals surface area contributed by atoms with E-state index < -0.39 is 0 Å². The number of hydrogen-bond acceptors (Lipinski definition) is 2. The monoisotopic (exact) mass is 210 g/mol. The maximum absolute atomic E-state index is 3.67. The highest BCUT2D eigenvalue weighted by Gasteiger charge is 2.49. The SMILES string of the molecule is CCCNC1CCCN(C2CC2(C)C)C1. The molecule has 1 heterocycles. The summed E-state index contributed by atoms with van der Waals surface area (Å²) in [5, 5.41) is 3.67. The van der Waals surface area contributed by atoms with Crippen molar-refractivity contribution in [3.8, 4) is 0 Å². The molecule has 2 aliphatic rings. The maximum atomic E-state index is 3.67. The molecule has 0 spiro atoms. The van der Waals surface area contributed by atoms with Crippen LogP contribution in [-0.2, 0) is 0 Å². The van der Waals surface area contributed by atoms with Gasteiger partial charge in [0.2, 0.25) is 0 Å². The molecule has 0 bridgehead atoms. The van der Waals surface area contributed by atoms with Crippen LogP contribution in [-0.4, -0.2) is 36.6 Å². The number of hydrogen-bond donors (Lipinski definition) is 1. The Labute approximate surface area is 94.4 Å². The molecule has 1 N–H and O–H groups in total. The molecule has 1 saturated heterocycles. The topological polar surface area (TPSA) is 15.3 Å². The van der Waals surface area contributed by atoms with Crippen molar-refractivity contribution in [3.63, 3.8) is 0 Å². The summed E-state index contributed by atoms with van der Waals surface area (Å²) >= 11 is 0. The van der Waals surface area contributed by atoms with Crippen molar-refractivity contribution in [1.82, 2.24) is 10.2 Å². The van der Waals surface area contributed by atoms with Crippen LogP contribution in [0.2, 0.25) is 0 Å². The Morgan fingerprint density at radius 2 is 2.13 bits per heavy atom. The van der Waals surface area contributed by atoms with Gasteiger partial charge in [-0.15, -0.1) is 0 Å². The lowest BCUT2D eigenvalue weighted by molar-refractivity contribution is 0.166. The molecule has 1 aliphatic heterocycles. The highest BCUT2D eigenvalue weighted by molar-refractivity contribution is 5.04. The molecule has 2 rings (SSSR count). The van der Waals surface area contributed by atoms with Crippen LogP contribution in [0.3, 0.4) is 0 Å². The van der Waals surface area contributed by atoms with E-state index in [2.05, 4.69) is 31.0 Å². The summed E-state index contributed by atoms with van der Waals surface area (Å²) < 4.78 is 0. The van der Waals surface area contributed by atoms with E-state index in [9.17, 15) is 0 Å². The van der Waals surface area contributed by atoms with E-state index in [-0.39, 0.29) is 0 Å². The second-order valence-electron chi connectivity index (χ2n) is 6.00. The molecule has 15 heavy (non-hydrogen) atoms. The van der Waals surface area contributed by atoms with Gasteiger partial charge in [-0.25, -0.2) is 0 Å². The van der Waals surface area contributed by atoms with Crippen molar-refractivity contribution in [2.45, 2.75) is 58.5 Å². The minimum Gasteiger partial charge on any atom is -0.313 e. The third-order valence-corrected chi connectivity index (χ3v) is 4.04. The lowest BCUT2D eigenvalue weighted by atomic mass is 10.0. The third-order valence-electron chi connectivity index (χ3n) is 4.04. The van der Waals surface area contributed by atoms with Gasteiger partial charge in [-0.2, -0.15) is 0 Å². The molecule has 2 fully saturated rings. The van der Waals surface area contributed by atoms with Gasteiger partial charge in [0.1, 0.15) is 0 Å². The Morgan fingerprint density at radius 1 is 1.40 bits per heavy atom. The minimum atomic E-state index is 0.604. The number of nitrogens with one attached hydrogen (secondary N) is 1. The first-order chi connectivity index (χ1) is 7.13. The molecule has 2 heteroatoms. The van der Waals surface area contributed by atoms with Crippen molar-refractivity contribution in [1.29, 1.82) is 0 Å². The first-order valence-corrected chi connectivity index (χ1v) is 6.61. The summed E-state index contributed by atoms with van der Waals surface area (Å²) in [7, 11) is 0. The molecule has 2 unspecified atom stereocenters. The Balaban J connectivity index is 1.78. The quantitative estimate of drug-likeness (QED) is 0.765. The van der Waals surface area contributed by atoms with Gasteiger partial charge in [0.25, 0.3) is 0 Å². The van der Waals surface area contributed by atoms with Crippen LogP contribution >= 0.6 is 0 Å². The fraction of sp³-hybridized carbons (Fsp3) is 1.00. The predicted molar refractivity (Wildman–Crippen MR) is 65.1 cm³/mol. The molecule has 1 aliphatic carbocycles.